The third kappa shape index (κ3) is 3.90. The van der Waals surface area contributed by atoms with Gasteiger partial charge in [-0.3, -0.25) is 5.10 Å². The molecule has 1 saturated heterocycles. The van der Waals surface area contributed by atoms with E-state index in [-0.39, 0.29) is 6.04 Å². The molecule has 5 rings (SSSR count). The Labute approximate surface area is 166 Å². The molecule has 1 fully saturated rings. The fourth-order valence-electron chi connectivity index (χ4n) is 3.09. The van der Waals surface area contributed by atoms with Crippen molar-refractivity contribution in [3.05, 3.63) is 60.2 Å². The molecular formula is C21H17N7O. The number of nitrogens with one attached hydrogen (secondary N) is 2. The molecule has 0 bridgehead atoms. The molecule has 0 radical (unpaired) electrons. The highest BCUT2D eigenvalue weighted by Gasteiger charge is 2.16. The van der Waals surface area contributed by atoms with Crippen LogP contribution in [0.2, 0.25) is 0 Å². The van der Waals surface area contributed by atoms with Crippen LogP contribution in [-0.4, -0.2) is 49.4 Å². The Morgan fingerprint density at radius 3 is 2.97 bits per heavy atom. The molecule has 8 nitrogen and oxygen atoms in total. The molecule has 8 heteroatoms. The summed E-state index contributed by atoms with van der Waals surface area (Å²) in [7, 11) is 0. The van der Waals surface area contributed by atoms with Crippen LogP contribution in [0.3, 0.4) is 0 Å². The first-order chi connectivity index (χ1) is 14.3. The number of fused-ring (bicyclic) bond motifs is 1. The number of benzene rings is 1. The molecule has 0 saturated carbocycles. The van der Waals surface area contributed by atoms with Crippen LogP contribution >= 0.6 is 0 Å². The highest BCUT2D eigenvalue weighted by atomic mass is 16.5. The molecule has 3 aromatic heterocycles. The Hall–Kier alpha value is -3.83. The molecule has 4 aromatic rings. The van der Waals surface area contributed by atoms with Gasteiger partial charge in [-0.15, -0.1) is 0 Å². The lowest BCUT2D eigenvalue weighted by molar-refractivity contribution is 0.195. The van der Waals surface area contributed by atoms with Crippen molar-refractivity contribution in [1.82, 2.24) is 30.1 Å². The van der Waals surface area contributed by atoms with Crippen molar-refractivity contribution >= 4 is 16.9 Å². The number of hydrogen-bond acceptors (Lipinski definition) is 7. The van der Waals surface area contributed by atoms with E-state index < -0.39 is 0 Å². The van der Waals surface area contributed by atoms with Crippen molar-refractivity contribution in [2.75, 3.05) is 18.5 Å². The lowest BCUT2D eigenvalue weighted by Gasteiger charge is -2.10. The predicted molar refractivity (Wildman–Crippen MR) is 108 cm³/mol. The van der Waals surface area contributed by atoms with Gasteiger partial charge in [0.05, 0.1) is 24.4 Å². The Morgan fingerprint density at radius 2 is 2.03 bits per heavy atom. The van der Waals surface area contributed by atoms with Crippen LogP contribution in [0.4, 0.5) is 5.95 Å². The molecule has 0 aliphatic carbocycles. The number of H-pyrrole nitrogens is 1. The first-order valence-electron chi connectivity index (χ1n) is 9.29. The van der Waals surface area contributed by atoms with Crippen LogP contribution in [0.1, 0.15) is 17.7 Å². The van der Waals surface area contributed by atoms with E-state index in [1.165, 1.54) is 0 Å². The Balaban J connectivity index is 1.38. The molecule has 0 amide bonds. The fourth-order valence-corrected chi connectivity index (χ4v) is 3.09. The van der Waals surface area contributed by atoms with Crippen molar-refractivity contribution in [2.45, 2.75) is 12.5 Å². The van der Waals surface area contributed by atoms with Gasteiger partial charge in [-0.2, -0.15) is 5.10 Å². The van der Waals surface area contributed by atoms with E-state index in [2.05, 4.69) is 47.3 Å². The largest absolute Gasteiger partial charge is 0.379 e. The molecule has 1 aliphatic rings. The maximum atomic E-state index is 5.38. The van der Waals surface area contributed by atoms with Crippen molar-refractivity contribution in [3.8, 4) is 23.4 Å². The predicted octanol–water partition coefficient (Wildman–Crippen LogP) is 2.41. The van der Waals surface area contributed by atoms with E-state index >= 15 is 0 Å². The van der Waals surface area contributed by atoms with E-state index in [4.69, 9.17) is 4.74 Å². The van der Waals surface area contributed by atoms with E-state index in [9.17, 15) is 0 Å². The molecule has 0 spiro atoms. The van der Waals surface area contributed by atoms with Gasteiger partial charge in [0.1, 0.15) is 11.4 Å². The summed E-state index contributed by atoms with van der Waals surface area (Å²) in [6.45, 7) is 1.43. The topological polar surface area (TPSA) is 102 Å². The van der Waals surface area contributed by atoms with Crippen LogP contribution < -0.4 is 5.32 Å². The summed E-state index contributed by atoms with van der Waals surface area (Å²) in [5.74, 6) is 7.29. The zero-order valence-electron chi connectivity index (χ0n) is 15.5. The van der Waals surface area contributed by atoms with Gasteiger partial charge in [0.15, 0.2) is 5.82 Å². The number of nitrogens with zero attached hydrogens (tertiary/aromatic N) is 5. The zero-order chi connectivity index (χ0) is 19.5. The minimum atomic E-state index is 0.232. The Morgan fingerprint density at radius 1 is 1.07 bits per heavy atom. The van der Waals surface area contributed by atoms with E-state index in [1.54, 1.807) is 30.7 Å². The van der Waals surface area contributed by atoms with Gasteiger partial charge in [-0.1, -0.05) is 5.92 Å². The normalized spacial score (nSPS) is 15.8. The van der Waals surface area contributed by atoms with Gasteiger partial charge in [0.2, 0.25) is 5.95 Å². The van der Waals surface area contributed by atoms with Gasteiger partial charge in [-0.25, -0.2) is 19.9 Å². The molecule has 142 valence electrons. The summed E-state index contributed by atoms with van der Waals surface area (Å²) in [6.07, 6.45) is 6.11. The molecule has 29 heavy (non-hydrogen) atoms. The number of hydrogen-bond donors (Lipinski definition) is 2. The van der Waals surface area contributed by atoms with Gasteiger partial charge in [0, 0.05) is 30.0 Å². The molecule has 1 aliphatic heterocycles. The highest BCUT2D eigenvalue weighted by Crippen LogP contribution is 2.16. The molecule has 4 heterocycles. The summed E-state index contributed by atoms with van der Waals surface area (Å²) < 4.78 is 5.38. The average Bonchev–Trinajstić information content (AvgIpc) is 3.44. The molecule has 1 atom stereocenters. The summed E-state index contributed by atoms with van der Waals surface area (Å²) in [6, 6.07) is 9.70. The molecule has 0 unspecified atom stereocenters. The Bertz CT molecular complexity index is 1220. The summed E-state index contributed by atoms with van der Waals surface area (Å²) in [5, 5.41) is 11.3. The minimum absolute atomic E-state index is 0.232. The van der Waals surface area contributed by atoms with Crippen LogP contribution in [-0.2, 0) is 4.74 Å². The average molecular weight is 383 g/mol. The highest BCUT2D eigenvalue weighted by molar-refractivity contribution is 5.79. The Kier molecular flexibility index (Phi) is 4.56. The monoisotopic (exact) mass is 383 g/mol. The maximum Gasteiger partial charge on any atom is 0.223 e. The maximum absolute atomic E-state index is 5.38. The van der Waals surface area contributed by atoms with Crippen molar-refractivity contribution in [2.24, 2.45) is 0 Å². The van der Waals surface area contributed by atoms with Crippen LogP contribution in [0.25, 0.3) is 22.4 Å². The molecule has 1 aromatic carbocycles. The smallest absolute Gasteiger partial charge is 0.223 e. The lowest BCUT2D eigenvalue weighted by atomic mass is 10.1. The SMILES string of the molecule is C(#Cc1ccnc(-c2ccnc(N[C@@H]3CCOC3)n2)n1)c1ccc2[nH]ncc2c1. The zero-order valence-corrected chi connectivity index (χ0v) is 15.5. The number of ether oxygens (including phenoxy) is 1. The summed E-state index contributed by atoms with van der Waals surface area (Å²) >= 11 is 0. The first-order valence-corrected chi connectivity index (χ1v) is 9.29. The van der Waals surface area contributed by atoms with E-state index in [0.29, 0.717) is 29.8 Å². The second kappa shape index (κ2) is 7.66. The van der Waals surface area contributed by atoms with Crippen molar-refractivity contribution in [3.63, 3.8) is 0 Å². The third-order valence-electron chi connectivity index (χ3n) is 4.58. The molecule has 2 N–H and O–H groups in total. The fraction of sp³-hybridized carbons (Fsp3) is 0.190. The van der Waals surface area contributed by atoms with Crippen LogP contribution in [0, 0.1) is 11.8 Å². The molecular weight excluding hydrogens is 366 g/mol. The second-order valence-electron chi connectivity index (χ2n) is 6.66. The summed E-state index contributed by atoms with van der Waals surface area (Å²) in [4.78, 5) is 17.7. The number of rotatable bonds is 3. The summed E-state index contributed by atoms with van der Waals surface area (Å²) in [5.41, 5.74) is 3.15. The standard InChI is InChI=1S/C21H17N7O/c1(14-2-4-18-15(11-14)12-24-28-18)3-16-5-8-22-20(25-16)19-6-9-23-21(27-19)26-17-7-10-29-13-17/h2,4-6,8-9,11-12,17H,7,10,13H2,(H,24,28)(H,23,26,27)/t17-/m1/s1. The number of aromatic nitrogens is 6. The van der Waals surface area contributed by atoms with E-state index in [1.807, 2.05) is 18.2 Å². The quantitative estimate of drug-likeness (QED) is 0.524. The lowest BCUT2D eigenvalue weighted by Crippen LogP contribution is -2.20. The van der Waals surface area contributed by atoms with Crippen LogP contribution in [0.15, 0.2) is 48.9 Å². The van der Waals surface area contributed by atoms with Crippen molar-refractivity contribution < 1.29 is 4.74 Å². The van der Waals surface area contributed by atoms with Gasteiger partial charge in [0.25, 0.3) is 0 Å². The minimum Gasteiger partial charge on any atom is -0.379 e. The van der Waals surface area contributed by atoms with Gasteiger partial charge in [-0.05, 0) is 42.7 Å². The van der Waals surface area contributed by atoms with Crippen molar-refractivity contribution in [1.29, 1.82) is 0 Å². The van der Waals surface area contributed by atoms with E-state index in [0.717, 1.165) is 29.5 Å². The number of aromatic amines is 1. The van der Waals surface area contributed by atoms with Gasteiger partial charge < -0.3 is 10.1 Å². The second-order valence-corrected chi connectivity index (χ2v) is 6.66. The first kappa shape index (κ1) is 17.3. The number of anilines is 1. The van der Waals surface area contributed by atoms with Crippen LogP contribution in [0.5, 0.6) is 0 Å². The van der Waals surface area contributed by atoms with Gasteiger partial charge >= 0.3 is 0 Å². The third-order valence-corrected chi connectivity index (χ3v) is 4.58.